The van der Waals surface area contributed by atoms with Crippen molar-refractivity contribution in [1.82, 2.24) is 5.48 Å². The van der Waals surface area contributed by atoms with Gasteiger partial charge in [0.25, 0.3) is 5.91 Å². The Kier molecular flexibility index (Phi) is 7.27. The monoisotopic (exact) mass is 215 g/mol. The van der Waals surface area contributed by atoms with E-state index in [0.29, 0.717) is 6.42 Å². The molecule has 1 unspecified atom stereocenters. The lowest BCUT2D eigenvalue weighted by Crippen LogP contribution is -2.17. The maximum Gasteiger partial charge on any atom is 0.310 e. The smallest absolute Gasteiger partial charge is 0.310 e. The largest absolute Gasteiger partial charge is 0.481 e. The minimum Gasteiger partial charge on any atom is -0.481 e. The lowest BCUT2D eigenvalue weighted by Gasteiger charge is -2.06. The standard InChI is InChI=1S/C10H17NO4/c1-2-3-4-5-8(10(13)14)6-7-9(12)11-15/h6-8,15H,2-5H2,1H3,(H,11,12)(H,13,14)/b7-6+. The van der Waals surface area contributed by atoms with E-state index in [2.05, 4.69) is 0 Å². The summed E-state index contributed by atoms with van der Waals surface area (Å²) in [6.07, 6.45) is 5.65. The van der Waals surface area contributed by atoms with Gasteiger partial charge >= 0.3 is 5.97 Å². The van der Waals surface area contributed by atoms with Crippen molar-refractivity contribution in [1.29, 1.82) is 0 Å². The van der Waals surface area contributed by atoms with Gasteiger partial charge in [0.2, 0.25) is 0 Å². The number of rotatable bonds is 7. The predicted molar refractivity (Wildman–Crippen MR) is 54.3 cm³/mol. The van der Waals surface area contributed by atoms with Crippen LogP contribution in [0.15, 0.2) is 12.2 Å². The van der Waals surface area contributed by atoms with Crippen molar-refractivity contribution in [3.8, 4) is 0 Å². The number of hydroxylamine groups is 1. The zero-order chi connectivity index (χ0) is 11.7. The second kappa shape index (κ2) is 7.99. The fraction of sp³-hybridized carbons (Fsp3) is 0.600. The molecule has 0 aliphatic carbocycles. The lowest BCUT2D eigenvalue weighted by molar-refractivity contribution is -0.140. The molecule has 0 aliphatic rings. The highest BCUT2D eigenvalue weighted by Crippen LogP contribution is 2.11. The number of unbranched alkanes of at least 4 members (excludes halogenated alkanes) is 2. The van der Waals surface area contributed by atoms with Gasteiger partial charge in [-0.2, -0.15) is 0 Å². The number of aliphatic carboxylic acids is 1. The average Bonchev–Trinajstić information content (AvgIpc) is 2.22. The summed E-state index contributed by atoms with van der Waals surface area (Å²) in [5, 5.41) is 17.0. The van der Waals surface area contributed by atoms with Gasteiger partial charge < -0.3 is 5.11 Å². The third-order valence-electron chi connectivity index (χ3n) is 2.03. The van der Waals surface area contributed by atoms with Crippen LogP contribution in [-0.4, -0.2) is 22.2 Å². The third-order valence-corrected chi connectivity index (χ3v) is 2.03. The van der Waals surface area contributed by atoms with Gasteiger partial charge in [-0.3, -0.25) is 14.8 Å². The highest BCUT2D eigenvalue weighted by atomic mass is 16.5. The first-order chi connectivity index (χ1) is 7.11. The molecule has 5 nitrogen and oxygen atoms in total. The Morgan fingerprint density at radius 1 is 1.40 bits per heavy atom. The molecular weight excluding hydrogens is 198 g/mol. The van der Waals surface area contributed by atoms with E-state index >= 15 is 0 Å². The molecule has 0 saturated carbocycles. The number of nitrogens with one attached hydrogen (secondary N) is 1. The second-order valence-electron chi connectivity index (χ2n) is 3.28. The van der Waals surface area contributed by atoms with Crippen molar-refractivity contribution < 1.29 is 19.9 Å². The van der Waals surface area contributed by atoms with E-state index in [1.165, 1.54) is 11.6 Å². The molecule has 86 valence electrons. The maximum atomic E-state index is 10.7. The van der Waals surface area contributed by atoms with Crippen LogP contribution in [0.1, 0.15) is 32.6 Å². The molecule has 3 N–H and O–H groups in total. The zero-order valence-electron chi connectivity index (χ0n) is 8.77. The zero-order valence-corrected chi connectivity index (χ0v) is 8.77. The Balaban J connectivity index is 4.10. The van der Waals surface area contributed by atoms with Gasteiger partial charge in [0.15, 0.2) is 0 Å². The van der Waals surface area contributed by atoms with Crippen molar-refractivity contribution in [3.63, 3.8) is 0 Å². The first-order valence-electron chi connectivity index (χ1n) is 4.96. The van der Waals surface area contributed by atoms with Crippen LogP contribution >= 0.6 is 0 Å². The topological polar surface area (TPSA) is 86.6 Å². The summed E-state index contributed by atoms with van der Waals surface area (Å²) < 4.78 is 0. The molecule has 5 heteroatoms. The summed E-state index contributed by atoms with van der Waals surface area (Å²) in [4.78, 5) is 21.4. The van der Waals surface area contributed by atoms with Crippen LogP contribution < -0.4 is 5.48 Å². The van der Waals surface area contributed by atoms with Gasteiger partial charge in [0.05, 0.1) is 5.92 Å². The van der Waals surface area contributed by atoms with Gasteiger partial charge in [-0.15, -0.1) is 0 Å². The Bertz CT molecular complexity index is 238. The van der Waals surface area contributed by atoms with Crippen LogP contribution in [-0.2, 0) is 9.59 Å². The molecule has 0 spiro atoms. The molecule has 0 aromatic carbocycles. The summed E-state index contributed by atoms with van der Waals surface area (Å²) in [5.41, 5.74) is 1.41. The van der Waals surface area contributed by atoms with Crippen LogP contribution in [0.5, 0.6) is 0 Å². The molecule has 0 aliphatic heterocycles. The van der Waals surface area contributed by atoms with E-state index in [1.54, 1.807) is 0 Å². The Morgan fingerprint density at radius 3 is 2.53 bits per heavy atom. The number of carbonyl (C=O) groups is 2. The first-order valence-corrected chi connectivity index (χ1v) is 4.96. The van der Waals surface area contributed by atoms with Crippen LogP contribution in [0, 0.1) is 5.92 Å². The van der Waals surface area contributed by atoms with E-state index < -0.39 is 17.8 Å². The summed E-state index contributed by atoms with van der Waals surface area (Å²) >= 11 is 0. The number of carboxylic acids is 1. The van der Waals surface area contributed by atoms with Crippen molar-refractivity contribution in [2.24, 2.45) is 5.92 Å². The molecule has 0 saturated heterocycles. The van der Waals surface area contributed by atoms with E-state index in [0.717, 1.165) is 25.3 Å². The molecule has 1 amide bonds. The average molecular weight is 215 g/mol. The van der Waals surface area contributed by atoms with Gasteiger partial charge in [0.1, 0.15) is 0 Å². The normalized spacial score (nSPS) is 12.7. The minimum atomic E-state index is -0.951. The van der Waals surface area contributed by atoms with Gasteiger partial charge in [-0.25, -0.2) is 5.48 Å². The number of hydrogen-bond acceptors (Lipinski definition) is 3. The number of carboxylic acid groups (broad SMARTS) is 1. The molecular formula is C10H17NO4. The summed E-state index contributed by atoms with van der Waals surface area (Å²) in [5.74, 6) is -2.32. The number of amides is 1. The van der Waals surface area contributed by atoms with Crippen LogP contribution in [0.2, 0.25) is 0 Å². The van der Waals surface area contributed by atoms with Crippen LogP contribution in [0.25, 0.3) is 0 Å². The van der Waals surface area contributed by atoms with Gasteiger partial charge in [-0.1, -0.05) is 32.3 Å². The molecule has 0 heterocycles. The molecule has 0 radical (unpaired) electrons. The summed E-state index contributed by atoms with van der Waals surface area (Å²) in [6.45, 7) is 2.03. The molecule has 0 aromatic heterocycles. The number of carbonyl (C=O) groups excluding carboxylic acids is 1. The second-order valence-corrected chi connectivity index (χ2v) is 3.28. The predicted octanol–water partition coefficient (Wildman–Crippen LogP) is 1.33. The first kappa shape index (κ1) is 13.6. The number of hydrogen-bond donors (Lipinski definition) is 3. The molecule has 0 bridgehead atoms. The van der Waals surface area contributed by atoms with E-state index in [4.69, 9.17) is 10.3 Å². The van der Waals surface area contributed by atoms with Gasteiger partial charge in [0, 0.05) is 6.08 Å². The summed E-state index contributed by atoms with van der Waals surface area (Å²) in [6, 6.07) is 0. The van der Waals surface area contributed by atoms with Crippen LogP contribution in [0.3, 0.4) is 0 Å². The van der Waals surface area contributed by atoms with Crippen molar-refractivity contribution >= 4 is 11.9 Å². The molecule has 0 aromatic rings. The highest BCUT2D eigenvalue weighted by Gasteiger charge is 2.13. The fourth-order valence-corrected chi connectivity index (χ4v) is 1.16. The van der Waals surface area contributed by atoms with Crippen LogP contribution in [0.4, 0.5) is 0 Å². The highest BCUT2D eigenvalue weighted by molar-refractivity contribution is 5.87. The maximum absolute atomic E-state index is 10.7. The van der Waals surface area contributed by atoms with Crippen molar-refractivity contribution in [3.05, 3.63) is 12.2 Å². The van der Waals surface area contributed by atoms with E-state index in [-0.39, 0.29) is 0 Å². The van der Waals surface area contributed by atoms with Crippen molar-refractivity contribution in [2.75, 3.05) is 0 Å². The third kappa shape index (κ3) is 6.68. The summed E-state index contributed by atoms with van der Waals surface area (Å²) in [7, 11) is 0. The van der Waals surface area contributed by atoms with E-state index in [1.807, 2.05) is 6.92 Å². The molecule has 1 atom stereocenters. The van der Waals surface area contributed by atoms with Gasteiger partial charge in [-0.05, 0) is 6.42 Å². The Morgan fingerprint density at radius 2 is 2.07 bits per heavy atom. The Hall–Kier alpha value is -1.36. The molecule has 0 rings (SSSR count). The lowest BCUT2D eigenvalue weighted by atomic mass is 10.0. The van der Waals surface area contributed by atoms with Crippen molar-refractivity contribution in [2.45, 2.75) is 32.6 Å². The Labute approximate surface area is 88.7 Å². The molecule has 15 heavy (non-hydrogen) atoms. The SMILES string of the molecule is CCCCCC(/C=C/C(=O)NO)C(=O)O. The minimum absolute atomic E-state index is 0.512. The fourth-order valence-electron chi connectivity index (χ4n) is 1.16. The van der Waals surface area contributed by atoms with E-state index in [9.17, 15) is 9.59 Å². The molecule has 0 fully saturated rings. The quantitative estimate of drug-likeness (QED) is 0.259.